The van der Waals surface area contributed by atoms with E-state index in [9.17, 15) is 5.11 Å². The average molecular weight is 262 g/mol. The summed E-state index contributed by atoms with van der Waals surface area (Å²) in [6.45, 7) is 8.11. The van der Waals surface area contributed by atoms with Crippen LogP contribution in [0.5, 0.6) is 0 Å². The fourth-order valence-corrected chi connectivity index (χ4v) is 2.74. The number of rotatable bonds is 5. The van der Waals surface area contributed by atoms with Crippen LogP contribution >= 0.6 is 0 Å². The fraction of sp³-hybridized carbons (Fsp3) is 0.625. The van der Waals surface area contributed by atoms with Crippen LogP contribution in [-0.2, 0) is 6.54 Å². The smallest absolute Gasteiger partial charge is 0.0715 e. The van der Waals surface area contributed by atoms with E-state index in [1.165, 1.54) is 16.8 Å². The van der Waals surface area contributed by atoms with Crippen molar-refractivity contribution in [2.75, 3.05) is 24.5 Å². The summed E-state index contributed by atoms with van der Waals surface area (Å²) in [6, 6.07) is 6.63. The van der Waals surface area contributed by atoms with Gasteiger partial charge in [-0.3, -0.25) is 0 Å². The Bertz CT molecular complexity index is 406. The van der Waals surface area contributed by atoms with Gasteiger partial charge in [0.15, 0.2) is 0 Å². The number of nitrogens with one attached hydrogen (secondary N) is 1. The lowest BCUT2D eigenvalue weighted by molar-refractivity contribution is 0.154. The van der Waals surface area contributed by atoms with Gasteiger partial charge >= 0.3 is 0 Å². The maximum Gasteiger partial charge on any atom is 0.0715 e. The van der Waals surface area contributed by atoms with E-state index in [1.807, 2.05) is 0 Å². The molecular weight excluding hydrogens is 236 g/mol. The normalized spacial score (nSPS) is 19.7. The number of aliphatic hydroxyl groups excluding tert-OH is 1. The van der Waals surface area contributed by atoms with Gasteiger partial charge in [0.05, 0.1) is 6.10 Å². The number of aryl methyl sites for hydroxylation is 1. The molecule has 1 aliphatic rings. The third kappa shape index (κ3) is 3.95. The number of hydrogen-bond donors (Lipinski definition) is 2. The minimum atomic E-state index is -0.175. The molecule has 3 heteroatoms. The topological polar surface area (TPSA) is 35.5 Å². The quantitative estimate of drug-likeness (QED) is 0.800. The summed E-state index contributed by atoms with van der Waals surface area (Å²) >= 11 is 0. The molecule has 1 aromatic carbocycles. The third-order valence-corrected chi connectivity index (χ3v) is 3.71. The molecule has 1 saturated heterocycles. The molecule has 19 heavy (non-hydrogen) atoms. The fourth-order valence-electron chi connectivity index (χ4n) is 2.74. The van der Waals surface area contributed by atoms with E-state index >= 15 is 0 Å². The summed E-state index contributed by atoms with van der Waals surface area (Å²) < 4.78 is 0. The van der Waals surface area contributed by atoms with Crippen molar-refractivity contribution in [2.45, 2.75) is 45.8 Å². The molecule has 0 aromatic heterocycles. The first-order chi connectivity index (χ1) is 9.20. The molecule has 1 fully saturated rings. The zero-order chi connectivity index (χ0) is 13.7. The summed E-state index contributed by atoms with van der Waals surface area (Å²) in [6.07, 6.45) is 3.00. The van der Waals surface area contributed by atoms with Crippen LogP contribution in [0.15, 0.2) is 18.2 Å². The van der Waals surface area contributed by atoms with Gasteiger partial charge < -0.3 is 15.3 Å². The lowest BCUT2D eigenvalue weighted by Gasteiger charge is -2.33. The van der Waals surface area contributed by atoms with E-state index in [1.54, 1.807) is 0 Å². The molecule has 0 radical (unpaired) electrons. The van der Waals surface area contributed by atoms with Crippen LogP contribution in [0.25, 0.3) is 0 Å². The van der Waals surface area contributed by atoms with Crippen LogP contribution in [0.3, 0.4) is 0 Å². The van der Waals surface area contributed by atoms with E-state index in [2.05, 4.69) is 42.3 Å². The molecule has 106 valence electrons. The van der Waals surface area contributed by atoms with E-state index in [0.717, 1.165) is 45.4 Å². The monoisotopic (exact) mass is 262 g/mol. The molecule has 0 amide bonds. The lowest BCUT2D eigenvalue weighted by Crippen LogP contribution is -2.39. The first-order valence-electron chi connectivity index (χ1n) is 7.44. The first-order valence-corrected chi connectivity index (χ1v) is 7.44. The minimum absolute atomic E-state index is 0.175. The van der Waals surface area contributed by atoms with Crippen molar-refractivity contribution in [1.29, 1.82) is 0 Å². The molecule has 0 saturated carbocycles. The Balaban J connectivity index is 2.13. The summed E-state index contributed by atoms with van der Waals surface area (Å²) in [5.41, 5.74) is 3.94. The van der Waals surface area contributed by atoms with Crippen molar-refractivity contribution in [2.24, 2.45) is 0 Å². The second-order valence-electron chi connectivity index (χ2n) is 5.55. The second kappa shape index (κ2) is 6.92. The van der Waals surface area contributed by atoms with Crippen molar-refractivity contribution >= 4 is 5.69 Å². The van der Waals surface area contributed by atoms with Gasteiger partial charge in [-0.25, -0.2) is 0 Å². The highest BCUT2D eigenvalue weighted by atomic mass is 16.3. The number of benzene rings is 1. The van der Waals surface area contributed by atoms with Crippen LogP contribution in [0, 0.1) is 6.92 Å². The van der Waals surface area contributed by atoms with Crippen LogP contribution in [-0.4, -0.2) is 30.8 Å². The van der Waals surface area contributed by atoms with Gasteiger partial charge in [-0.1, -0.05) is 24.6 Å². The van der Waals surface area contributed by atoms with Gasteiger partial charge in [-0.15, -0.1) is 0 Å². The van der Waals surface area contributed by atoms with Gasteiger partial charge in [-0.05, 0) is 44.4 Å². The molecule has 3 nitrogen and oxygen atoms in total. The lowest BCUT2D eigenvalue weighted by atomic mass is 10.0. The zero-order valence-electron chi connectivity index (χ0n) is 12.2. The Kier molecular flexibility index (Phi) is 5.23. The number of aliphatic hydroxyl groups is 1. The standard InChI is InChI=1S/C16H26N2O/c1-3-8-17-11-14-10-13(2)6-7-16(14)18-9-4-5-15(19)12-18/h6-7,10,15,17,19H,3-5,8-9,11-12H2,1-2H3. The van der Waals surface area contributed by atoms with Crippen LogP contribution in [0.2, 0.25) is 0 Å². The SMILES string of the molecule is CCCNCc1cc(C)ccc1N1CCCC(O)C1. The van der Waals surface area contributed by atoms with Gasteiger partial charge in [0.2, 0.25) is 0 Å². The van der Waals surface area contributed by atoms with E-state index in [-0.39, 0.29) is 6.10 Å². The molecule has 1 aliphatic heterocycles. The molecule has 0 bridgehead atoms. The van der Waals surface area contributed by atoms with Gasteiger partial charge in [0.1, 0.15) is 0 Å². The number of β-amino-alcohol motifs (C(OH)–C–C–N with tert-alkyl or cyclic N) is 1. The molecule has 1 unspecified atom stereocenters. The van der Waals surface area contributed by atoms with Crippen molar-refractivity contribution in [3.05, 3.63) is 29.3 Å². The number of anilines is 1. The predicted octanol–water partition coefficient (Wildman–Crippen LogP) is 2.46. The van der Waals surface area contributed by atoms with E-state index < -0.39 is 0 Å². The summed E-state index contributed by atoms with van der Waals surface area (Å²) in [4.78, 5) is 2.33. The molecule has 1 heterocycles. The maximum absolute atomic E-state index is 9.84. The predicted molar refractivity (Wildman–Crippen MR) is 80.6 cm³/mol. The summed E-state index contributed by atoms with van der Waals surface area (Å²) in [5.74, 6) is 0. The Morgan fingerprint density at radius 3 is 3.00 bits per heavy atom. The highest BCUT2D eigenvalue weighted by molar-refractivity contribution is 5.55. The number of piperidine rings is 1. The summed E-state index contributed by atoms with van der Waals surface area (Å²) in [5, 5.41) is 13.3. The molecule has 1 atom stereocenters. The Morgan fingerprint density at radius 2 is 2.26 bits per heavy atom. The molecule has 2 rings (SSSR count). The molecule has 0 spiro atoms. The van der Waals surface area contributed by atoms with Crippen LogP contribution < -0.4 is 10.2 Å². The zero-order valence-corrected chi connectivity index (χ0v) is 12.2. The first kappa shape index (κ1) is 14.4. The highest BCUT2D eigenvalue weighted by Crippen LogP contribution is 2.25. The Labute approximate surface area is 116 Å². The largest absolute Gasteiger partial charge is 0.391 e. The van der Waals surface area contributed by atoms with Gasteiger partial charge in [0, 0.05) is 25.3 Å². The number of hydrogen-bond acceptors (Lipinski definition) is 3. The second-order valence-corrected chi connectivity index (χ2v) is 5.55. The van der Waals surface area contributed by atoms with Crippen molar-refractivity contribution in [1.82, 2.24) is 5.32 Å². The molecular formula is C16H26N2O. The Morgan fingerprint density at radius 1 is 1.42 bits per heavy atom. The number of nitrogens with zero attached hydrogens (tertiary/aromatic N) is 1. The summed E-state index contributed by atoms with van der Waals surface area (Å²) in [7, 11) is 0. The van der Waals surface area contributed by atoms with Crippen LogP contribution in [0.4, 0.5) is 5.69 Å². The highest BCUT2D eigenvalue weighted by Gasteiger charge is 2.19. The van der Waals surface area contributed by atoms with Crippen molar-refractivity contribution < 1.29 is 5.11 Å². The third-order valence-electron chi connectivity index (χ3n) is 3.71. The van der Waals surface area contributed by atoms with Crippen molar-refractivity contribution in [3.63, 3.8) is 0 Å². The minimum Gasteiger partial charge on any atom is -0.391 e. The average Bonchev–Trinajstić information content (AvgIpc) is 2.39. The van der Waals surface area contributed by atoms with Crippen molar-refractivity contribution in [3.8, 4) is 0 Å². The molecule has 2 N–H and O–H groups in total. The van der Waals surface area contributed by atoms with E-state index in [0.29, 0.717) is 0 Å². The maximum atomic E-state index is 9.84. The van der Waals surface area contributed by atoms with Gasteiger partial charge in [-0.2, -0.15) is 0 Å². The molecule has 0 aliphatic carbocycles. The van der Waals surface area contributed by atoms with E-state index in [4.69, 9.17) is 0 Å². The molecule has 1 aromatic rings. The van der Waals surface area contributed by atoms with Gasteiger partial charge in [0.25, 0.3) is 0 Å². The van der Waals surface area contributed by atoms with Crippen LogP contribution in [0.1, 0.15) is 37.3 Å². The Hall–Kier alpha value is -1.06.